The second-order valence-corrected chi connectivity index (χ2v) is 7.42. The lowest BCUT2D eigenvalue weighted by Gasteiger charge is -2.49. The van der Waals surface area contributed by atoms with Crippen LogP contribution >= 0.6 is 0 Å². The van der Waals surface area contributed by atoms with Crippen molar-refractivity contribution >= 4 is 11.8 Å². The molecular formula is C17H32N2O2. The molecule has 0 radical (unpaired) electrons. The molecule has 4 nitrogen and oxygen atoms in total. The smallest absolute Gasteiger partial charge is 0.249 e. The minimum Gasteiger partial charge on any atom is -0.340 e. The van der Waals surface area contributed by atoms with Crippen LogP contribution in [0.1, 0.15) is 67.7 Å². The number of carbonyl (C=O) groups is 2. The van der Waals surface area contributed by atoms with Crippen molar-refractivity contribution in [2.75, 3.05) is 6.54 Å². The van der Waals surface area contributed by atoms with Crippen molar-refractivity contribution < 1.29 is 9.59 Å². The Morgan fingerprint density at radius 1 is 1.19 bits per heavy atom. The van der Waals surface area contributed by atoms with Gasteiger partial charge in [0, 0.05) is 6.54 Å². The van der Waals surface area contributed by atoms with Crippen molar-refractivity contribution in [2.24, 2.45) is 11.3 Å². The molecule has 0 aromatic heterocycles. The van der Waals surface area contributed by atoms with E-state index in [2.05, 4.69) is 26.1 Å². The molecule has 0 bridgehead atoms. The third-order valence-electron chi connectivity index (χ3n) is 5.03. The quantitative estimate of drug-likeness (QED) is 0.819. The third kappa shape index (κ3) is 3.41. The van der Waals surface area contributed by atoms with Crippen LogP contribution in [0.3, 0.4) is 0 Å². The van der Waals surface area contributed by atoms with Crippen molar-refractivity contribution in [1.82, 2.24) is 10.2 Å². The average molecular weight is 296 g/mol. The lowest BCUT2D eigenvalue weighted by Crippen LogP contribution is -2.71. The van der Waals surface area contributed by atoms with Crippen LogP contribution in [0.5, 0.6) is 0 Å². The van der Waals surface area contributed by atoms with Crippen LogP contribution in [-0.4, -0.2) is 34.8 Å². The molecule has 2 amide bonds. The van der Waals surface area contributed by atoms with Crippen LogP contribution in [0.4, 0.5) is 0 Å². The van der Waals surface area contributed by atoms with Crippen molar-refractivity contribution in [3.63, 3.8) is 0 Å². The first kappa shape index (κ1) is 18.0. The molecule has 0 aromatic rings. The van der Waals surface area contributed by atoms with Gasteiger partial charge in [0.15, 0.2) is 0 Å². The SMILES string of the molecule is CCC(C)(C)CN1C(=O)C(CC)(CC)NC(=O)C1C(C)C. The summed E-state index contributed by atoms with van der Waals surface area (Å²) in [6.45, 7) is 15.0. The third-order valence-corrected chi connectivity index (χ3v) is 5.03. The van der Waals surface area contributed by atoms with Gasteiger partial charge >= 0.3 is 0 Å². The molecule has 0 aromatic carbocycles. The number of piperazine rings is 1. The van der Waals surface area contributed by atoms with Crippen molar-refractivity contribution in [3.05, 3.63) is 0 Å². The average Bonchev–Trinajstić information content (AvgIpc) is 2.42. The molecule has 21 heavy (non-hydrogen) atoms. The van der Waals surface area contributed by atoms with Gasteiger partial charge in [0.1, 0.15) is 11.6 Å². The largest absolute Gasteiger partial charge is 0.340 e. The first-order valence-electron chi connectivity index (χ1n) is 8.27. The summed E-state index contributed by atoms with van der Waals surface area (Å²) in [5.41, 5.74) is -0.695. The monoisotopic (exact) mass is 296 g/mol. The molecule has 1 unspecified atom stereocenters. The number of nitrogens with zero attached hydrogens (tertiary/aromatic N) is 1. The van der Waals surface area contributed by atoms with Gasteiger partial charge in [-0.15, -0.1) is 0 Å². The molecule has 1 atom stereocenters. The van der Waals surface area contributed by atoms with E-state index in [4.69, 9.17) is 0 Å². The summed E-state index contributed by atoms with van der Waals surface area (Å²) in [6.07, 6.45) is 2.26. The Balaban J connectivity index is 3.21. The molecular weight excluding hydrogens is 264 g/mol. The molecule has 1 aliphatic heterocycles. The highest BCUT2D eigenvalue weighted by molar-refractivity contribution is 6.00. The predicted octanol–water partition coefficient (Wildman–Crippen LogP) is 2.96. The molecule has 1 aliphatic rings. The Morgan fingerprint density at radius 2 is 1.71 bits per heavy atom. The number of nitrogens with one attached hydrogen (secondary N) is 1. The highest BCUT2D eigenvalue weighted by Gasteiger charge is 2.50. The maximum Gasteiger partial charge on any atom is 0.249 e. The van der Waals surface area contributed by atoms with Crippen molar-refractivity contribution in [1.29, 1.82) is 0 Å². The summed E-state index contributed by atoms with van der Waals surface area (Å²) < 4.78 is 0. The zero-order chi connectivity index (χ0) is 16.4. The molecule has 1 saturated heterocycles. The minimum absolute atomic E-state index is 0.000188. The molecule has 1 heterocycles. The van der Waals surface area contributed by atoms with Crippen LogP contribution < -0.4 is 5.32 Å². The Kier molecular flexibility index (Phi) is 5.46. The van der Waals surface area contributed by atoms with Crippen molar-refractivity contribution in [3.8, 4) is 0 Å². The maximum atomic E-state index is 13.1. The maximum absolute atomic E-state index is 13.1. The molecule has 0 aliphatic carbocycles. The summed E-state index contributed by atoms with van der Waals surface area (Å²) in [5.74, 6) is 0.209. The van der Waals surface area contributed by atoms with E-state index in [0.717, 1.165) is 6.42 Å². The number of hydrogen-bond donors (Lipinski definition) is 1. The molecule has 4 heteroatoms. The Labute approximate surface area is 129 Å². The molecule has 1 N–H and O–H groups in total. The van der Waals surface area contributed by atoms with E-state index in [-0.39, 0.29) is 29.2 Å². The topological polar surface area (TPSA) is 49.4 Å². The summed E-state index contributed by atoms with van der Waals surface area (Å²) in [5, 5.41) is 3.01. The van der Waals surface area contributed by atoms with Gasteiger partial charge in [-0.1, -0.05) is 48.5 Å². The second-order valence-electron chi connectivity index (χ2n) is 7.42. The van der Waals surface area contributed by atoms with E-state index in [9.17, 15) is 9.59 Å². The predicted molar refractivity (Wildman–Crippen MR) is 85.9 cm³/mol. The molecule has 1 fully saturated rings. The summed E-state index contributed by atoms with van der Waals surface area (Å²) in [7, 11) is 0. The zero-order valence-electron chi connectivity index (χ0n) is 14.7. The van der Waals surface area contributed by atoms with E-state index in [1.165, 1.54) is 0 Å². The van der Waals surface area contributed by atoms with Crippen LogP contribution in [0.15, 0.2) is 0 Å². The van der Waals surface area contributed by atoms with Gasteiger partial charge in [-0.2, -0.15) is 0 Å². The van der Waals surface area contributed by atoms with E-state index in [1.807, 2.05) is 32.6 Å². The molecule has 122 valence electrons. The van der Waals surface area contributed by atoms with E-state index in [1.54, 1.807) is 0 Å². The van der Waals surface area contributed by atoms with Gasteiger partial charge in [0.25, 0.3) is 0 Å². The lowest BCUT2D eigenvalue weighted by atomic mass is 9.82. The summed E-state index contributed by atoms with van der Waals surface area (Å²) in [6, 6.07) is -0.352. The number of rotatable bonds is 6. The first-order valence-corrected chi connectivity index (χ1v) is 8.27. The number of carbonyl (C=O) groups excluding carboxylic acids is 2. The Hall–Kier alpha value is -1.06. The van der Waals surface area contributed by atoms with Gasteiger partial charge in [-0.05, 0) is 30.6 Å². The number of hydrogen-bond acceptors (Lipinski definition) is 2. The van der Waals surface area contributed by atoms with Gasteiger partial charge < -0.3 is 10.2 Å². The van der Waals surface area contributed by atoms with Crippen molar-refractivity contribution in [2.45, 2.75) is 79.3 Å². The standard InChI is InChI=1S/C17H32N2O2/c1-8-16(6,7)11-19-13(12(4)5)14(20)18-17(9-2,10-3)15(19)21/h12-13H,8-11H2,1-7H3,(H,18,20). The highest BCUT2D eigenvalue weighted by Crippen LogP contribution is 2.31. The Morgan fingerprint density at radius 3 is 2.10 bits per heavy atom. The van der Waals surface area contributed by atoms with E-state index < -0.39 is 5.54 Å². The molecule has 1 rings (SSSR count). The van der Waals surface area contributed by atoms with Crippen LogP contribution in [0.25, 0.3) is 0 Å². The van der Waals surface area contributed by atoms with Gasteiger partial charge in [0.05, 0.1) is 0 Å². The second kappa shape index (κ2) is 6.37. The summed E-state index contributed by atoms with van der Waals surface area (Å²) >= 11 is 0. The lowest BCUT2D eigenvalue weighted by molar-refractivity contribution is -0.159. The van der Waals surface area contributed by atoms with Gasteiger partial charge in [-0.3, -0.25) is 9.59 Å². The van der Waals surface area contributed by atoms with Crippen LogP contribution in [-0.2, 0) is 9.59 Å². The minimum atomic E-state index is -0.716. The van der Waals surface area contributed by atoms with Gasteiger partial charge in [-0.25, -0.2) is 0 Å². The number of amides is 2. The summed E-state index contributed by atoms with van der Waals surface area (Å²) in [4.78, 5) is 27.5. The van der Waals surface area contributed by atoms with E-state index in [0.29, 0.717) is 19.4 Å². The molecule has 0 spiro atoms. The van der Waals surface area contributed by atoms with Crippen LogP contribution in [0.2, 0.25) is 0 Å². The van der Waals surface area contributed by atoms with Crippen LogP contribution in [0, 0.1) is 11.3 Å². The van der Waals surface area contributed by atoms with E-state index >= 15 is 0 Å². The fraction of sp³-hybridized carbons (Fsp3) is 0.882. The highest BCUT2D eigenvalue weighted by atomic mass is 16.2. The fourth-order valence-corrected chi connectivity index (χ4v) is 3.04. The zero-order valence-corrected chi connectivity index (χ0v) is 14.7. The molecule has 0 saturated carbocycles. The fourth-order valence-electron chi connectivity index (χ4n) is 3.04. The first-order chi connectivity index (χ1) is 9.64. The van der Waals surface area contributed by atoms with Gasteiger partial charge in [0.2, 0.25) is 11.8 Å². The Bertz CT molecular complexity index is 398. The normalized spacial score (nSPS) is 22.7.